The van der Waals surface area contributed by atoms with Crippen LogP contribution in [0.1, 0.15) is 44.1 Å². The molecule has 3 nitrogen and oxygen atoms in total. The summed E-state index contributed by atoms with van der Waals surface area (Å²) in [4.78, 5) is 0. The Morgan fingerprint density at radius 2 is 1.92 bits per heavy atom. The SMILES string of the molecule is COc1ccc2c(C3=C(C4CCCC4)CCC3=NO)cccc2c1. The fourth-order valence-corrected chi connectivity index (χ4v) is 4.41. The maximum absolute atomic E-state index is 9.55. The van der Waals surface area contributed by atoms with Crippen LogP contribution in [-0.2, 0) is 0 Å². The summed E-state index contributed by atoms with van der Waals surface area (Å²) < 4.78 is 5.36. The van der Waals surface area contributed by atoms with Gasteiger partial charge < -0.3 is 9.94 Å². The zero-order chi connectivity index (χ0) is 16.5. The molecule has 2 aliphatic carbocycles. The van der Waals surface area contributed by atoms with Crippen molar-refractivity contribution in [1.29, 1.82) is 0 Å². The maximum Gasteiger partial charge on any atom is 0.119 e. The quantitative estimate of drug-likeness (QED) is 0.606. The minimum atomic E-state index is 0.660. The van der Waals surface area contributed by atoms with Gasteiger partial charge in [-0.15, -0.1) is 0 Å². The van der Waals surface area contributed by atoms with Crippen LogP contribution in [0.25, 0.3) is 16.3 Å². The van der Waals surface area contributed by atoms with Crippen LogP contribution in [0.2, 0.25) is 0 Å². The first-order valence-corrected chi connectivity index (χ1v) is 8.83. The van der Waals surface area contributed by atoms with Crippen molar-refractivity contribution >= 4 is 22.1 Å². The van der Waals surface area contributed by atoms with Gasteiger partial charge in [-0.1, -0.05) is 47.8 Å². The topological polar surface area (TPSA) is 41.8 Å². The van der Waals surface area contributed by atoms with Crippen molar-refractivity contribution in [2.75, 3.05) is 7.11 Å². The first-order valence-electron chi connectivity index (χ1n) is 8.83. The number of methoxy groups -OCH3 is 1. The molecule has 0 atom stereocenters. The molecule has 0 bridgehead atoms. The fraction of sp³-hybridized carbons (Fsp3) is 0.381. The van der Waals surface area contributed by atoms with Gasteiger partial charge in [0.1, 0.15) is 5.75 Å². The van der Waals surface area contributed by atoms with Crippen molar-refractivity contribution in [1.82, 2.24) is 0 Å². The Hall–Kier alpha value is -2.29. The van der Waals surface area contributed by atoms with Crippen molar-refractivity contribution in [3.05, 3.63) is 47.5 Å². The molecule has 1 N–H and O–H groups in total. The third-order valence-electron chi connectivity index (χ3n) is 5.57. The molecule has 0 aromatic heterocycles. The van der Waals surface area contributed by atoms with Crippen LogP contribution >= 0.6 is 0 Å². The number of oxime groups is 1. The van der Waals surface area contributed by atoms with Gasteiger partial charge in [0, 0.05) is 5.57 Å². The number of allylic oxidation sites excluding steroid dienone is 2. The predicted molar refractivity (Wildman–Crippen MR) is 97.8 cm³/mol. The van der Waals surface area contributed by atoms with E-state index in [0.29, 0.717) is 5.92 Å². The van der Waals surface area contributed by atoms with Gasteiger partial charge in [-0.3, -0.25) is 0 Å². The Balaban J connectivity index is 1.91. The zero-order valence-corrected chi connectivity index (χ0v) is 14.1. The molecule has 0 heterocycles. The van der Waals surface area contributed by atoms with Crippen LogP contribution in [0.3, 0.4) is 0 Å². The largest absolute Gasteiger partial charge is 0.497 e. The van der Waals surface area contributed by atoms with Crippen molar-refractivity contribution in [2.45, 2.75) is 38.5 Å². The Kier molecular flexibility index (Phi) is 4.01. The molecule has 2 aromatic carbocycles. The van der Waals surface area contributed by atoms with Gasteiger partial charge in [0.2, 0.25) is 0 Å². The molecule has 2 aromatic rings. The molecule has 1 saturated carbocycles. The second-order valence-electron chi connectivity index (χ2n) is 6.82. The first kappa shape index (κ1) is 15.3. The number of hydrogen-bond donors (Lipinski definition) is 1. The minimum absolute atomic E-state index is 0.660. The van der Waals surface area contributed by atoms with E-state index in [2.05, 4.69) is 35.5 Å². The lowest BCUT2D eigenvalue weighted by atomic mass is 9.89. The minimum Gasteiger partial charge on any atom is -0.497 e. The molecule has 2 aliphatic rings. The Morgan fingerprint density at radius 1 is 1.08 bits per heavy atom. The number of hydrogen-bond acceptors (Lipinski definition) is 3. The predicted octanol–water partition coefficient (Wildman–Crippen LogP) is 5.42. The molecule has 0 radical (unpaired) electrons. The van der Waals surface area contributed by atoms with Crippen LogP contribution in [0.4, 0.5) is 0 Å². The second-order valence-corrected chi connectivity index (χ2v) is 6.82. The summed E-state index contributed by atoms with van der Waals surface area (Å²) in [5, 5.41) is 15.6. The van der Waals surface area contributed by atoms with Crippen LogP contribution in [0, 0.1) is 5.92 Å². The van der Waals surface area contributed by atoms with Crippen LogP contribution in [0.15, 0.2) is 47.1 Å². The monoisotopic (exact) mass is 321 g/mol. The first-order chi connectivity index (χ1) is 11.8. The number of rotatable bonds is 3. The highest BCUT2D eigenvalue weighted by atomic mass is 16.5. The summed E-state index contributed by atoms with van der Waals surface area (Å²) in [5.41, 5.74) is 4.74. The van der Waals surface area contributed by atoms with Crippen molar-refractivity contribution < 1.29 is 9.94 Å². The van der Waals surface area contributed by atoms with Crippen molar-refractivity contribution in [3.8, 4) is 5.75 Å². The highest BCUT2D eigenvalue weighted by Gasteiger charge is 2.30. The van der Waals surface area contributed by atoms with E-state index >= 15 is 0 Å². The van der Waals surface area contributed by atoms with Gasteiger partial charge in [0.25, 0.3) is 0 Å². The molecule has 1 fully saturated rings. The van der Waals surface area contributed by atoms with E-state index < -0.39 is 0 Å². The number of fused-ring (bicyclic) bond motifs is 1. The molecule has 3 heteroatoms. The van der Waals surface area contributed by atoms with Gasteiger partial charge in [-0.2, -0.15) is 0 Å². The maximum atomic E-state index is 9.55. The van der Waals surface area contributed by atoms with Gasteiger partial charge >= 0.3 is 0 Å². The van der Waals surface area contributed by atoms with E-state index in [-0.39, 0.29) is 0 Å². The van der Waals surface area contributed by atoms with Gasteiger partial charge in [0.15, 0.2) is 0 Å². The van der Waals surface area contributed by atoms with Gasteiger partial charge in [0.05, 0.1) is 12.8 Å². The third-order valence-corrected chi connectivity index (χ3v) is 5.57. The lowest BCUT2D eigenvalue weighted by molar-refractivity contribution is 0.319. The summed E-state index contributed by atoms with van der Waals surface area (Å²) in [7, 11) is 1.69. The summed E-state index contributed by atoms with van der Waals surface area (Å²) in [6.07, 6.45) is 7.07. The molecule has 4 rings (SSSR count). The Morgan fingerprint density at radius 3 is 2.67 bits per heavy atom. The zero-order valence-electron chi connectivity index (χ0n) is 14.1. The Bertz CT molecular complexity index is 829. The average molecular weight is 321 g/mol. The standard InChI is InChI=1S/C21H23NO2/c1-24-16-9-10-17-15(13-16)7-4-8-19(17)21-18(11-12-20(21)22-23)14-5-2-3-6-14/h4,7-10,13-14,23H,2-3,5-6,11-12H2,1H3. The van der Waals surface area contributed by atoms with E-state index in [1.54, 1.807) is 7.11 Å². The smallest absolute Gasteiger partial charge is 0.119 e. The third kappa shape index (κ3) is 2.48. The second kappa shape index (κ2) is 6.31. The molecule has 24 heavy (non-hydrogen) atoms. The molecule has 124 valence electrons. The highest BCUT2D eigenvalue weighted by Crippen LogP contribution is 2.44. The molecular formula is C21H23NO2. The highest BCUT2D eigenvalue weighted by molar-refractivity contribution is 6.29. The fourth-order valence-electron chi connectivity index (χ4n) is 4.41. The van der Waals surface area contributed by atoms with Crippen molar-refractivity contribution in [2.24, 2.45) is 11.1 Å². The van der Waals surface area contributed by atoms with E-state index in [0.717, 1.165) is 29.7 Å². The van der Waals surface area contributed by atoms with E-state index in [9.17, 15) is 5.21 Å². The summed E-state index contributed by atoms with van der Waals surface area (Å²) in [6.45, 7) is 0. The van der Waals surface area contributed by atoms with Crippen LogP contribution in [-0.4, -0.2) is 18.0 Å². The molecule has 0 amide bonds. The van der Waals surface area contributed by atoms with E-state index in [1.807, 2.05) is 6.07 Å². The molecular weight excluding hydrogens is 298 g/mol. The Labute approximate surface area is 142 Å². The average Bonchev–Trinajstić information content (AvgIpc) is 3.29. The lowest BCUT2D eigenvalue weighted by Crippen LogP contribution is -2.02. The van der Waals surface area contributed by atoms with E-state index in [1.165, 1.54) is 47.8 Å². The summed E-state index contributed by atoms with van der Waals surface area (Å²) in [5.74, 6) is 1.53. The number of benzene rings is 2. The van der Waals surface area contributed by atoms with Crippen LogP contribution < -0.4 is 4.74 Å². The number of ether oxygens (including phenoxy) is 1. The van der Waals surface area contributed by atoms with Gasteiger partial charge in [-0.05, 0) is 60.1 Å². The molecule has 0 unspecified atom stereocenters. The molecule has 0 saturated heterocycles. The summed E-state index contributed by atoms with van der Waals surface area (Å²) >= 11 is 0. The molecule has 0 spiro atoms. The summed E-state index contributed by atoms with van der Waals surface area (Å²) in [6, 6.07) is 12.6. The molecule has 0 aliphatic heterocycles. The number of nitrogens with zero attached hydrogens (tertiary/aromatic N) is 1. The normalized spacial score (nSPS) is 20.5. The van der Waals surface area contributed by atoms with E-state index in [4.69, 9.17) is 4.74 Å². The lowest BCUT2D eigenvalue weighted by Gasteiger charge is -2.16. The van der Waals surface area contributed by atoms with Crippen molar-refractivity contribution in [3.63, 3.8) is 0 Å². The van der Waals surface area contributed by atoms with Crippen LogP contribution in [0.5, 0.6) is 5.75 Å². The van der Waals surface area contributed by atoms with Gasteiger partial charge in [-0.25, -0.2) is 0 Å².